The predicted octanol–water partition coefficient (Wildman–Crippen LogP) is 1.01. The van der Waals surface area contributed by atoms with Crippen LogP contribution in [0.15, 0.2) is 0 Å². The highest BCUT2D eigenvalue weighted by Crippen LogP contribution is 2.57. The number of carboxylic acid groups (broad SMARTS) is 1. The van der Waals surface area contributed by atoms with Crippen LogP contribution in [-0.2, 0) is 9.53 Å². The van der Waals surface area contributed by atoms with Crippen molar-refractivity contribution in [3.63, 3.8) is 0 Å². The van der Waals surface area contributed by atoms with Gasteiger partial charge in [-0.2, -0.15) is 0 Å². The normalized spacial score (nSPS) is 32.1. The van der Waals surface area contributed by atoms with Crippen LogP contribution in [0.25, 0.3) is 0 Å². The van der Waals surface area contributed by atoms with Crippen molar-refractivity contribution >= 4 is 5.97 Å². The van der Waals surface area contributed by atoms with E-state index >= 15 is 0 Å². The summed E-state index contributed by atoms with van der Waals surface area (Å²) in [6, 6.07) is 0.360. The van der Waals surface area contributed by atoms with Crippen molar-refractivity contribution in [3.05, 3.63) is 0 Å². The van der Waals surface area contributed by atoms with Crippen molar-refractivity contribution < 1.29 is 14.6 Å². The Bertz CT molecular complexity index is 250. The summed E-state index contributed by atoms with van der Waals surface area (Å²) in [4.78, 5) is 10.5. The molecule has 2 fully saturated rings. The Morgan fingerprint density at radius 2 is 2.33 bits per heavy atom. The van der Waals surface area contributed by atoms with Crippen LogP contribution in [0.3, 0.4) is 0 Å². The molecule has 86 valence electrons. The standard InChI is InChI=1S/C11H19NO3/c1-2-15-9-6-8(12-7-10(13)14)11(9)4-3-5-11/h8-9,12H,2-7H2,1H3,(H,13,14). The van der Waals surface area contributed by atoms with Crippen LogP contribution in [0, 0.1) is 5.41 Å². The summed E-state index contributed by atoms with van der Waals surface area (Å²) < 4.78 is 5.69. The number of ether oxygens (including phenoxy) is 1. The average Bonchev–Trinajstić information content (AvgIpc) is 2.06. The molecular formula is C11H19NO3. The van der Waals surface area contributed by atoms with Gasteiger partial charge < -0.3 is 15.2 Å². The molecule has 2 saturated carbocycles. The second kappa shape index (κ2) is 4.10. The van der Waals surface area contributed by atoms with Crippen LogP contribution >= 0.6 is 0 Å². The minimum atomic E-state index is -0.774. The van der Waals surface area contributed by atoms with Crippen molar-refractivity contribution in [2.45, 2.75) is 44.8 Å². The Kier molecular flexibility index (Phi) is 2.98. The molecule has 2 unspecified atom stereocenters. The Hall–Kier alpha value is -0.610. The maximum atomic E-state index is 10.5. The molecular weight excluding hydrogens is 194 g/mol. The van der Waals surface area contributed by atoms with E-state index in [-0.39, 0.29) is 12.0 Å². The summed E-state index contributed by atoms with van der Waals surface area (Å²) in [5, 5.41) is 11.7. The van der Waals surface area contributed by atoms with Gasteiger partial charge in [0.25, 0.3) is 0 Å². The molecule has 0 bridgehead atoms. The first-order chi connectivity index (χ1) is 7.19. The van der Waals surface area contributed by atoms with Gasteiger partial charge in [0.15, 0.2) is 0 Å². The third-order valence-electron chi connectivity index (χ3n) is 3.94. The van der Waals surface area contributed by atoms with Crippen molar-refractivity contribution in [1.82, 2.24) is 5.32 Å². The average molecular weight is 213 g/mol. The van der Waals surface area contributed by atoms with Crippen LogP contribution in [0.2, 0.25) is 0 Å². The van der Waals surface area contributed by atoms with Crippen molar-refractivity contribution in [1.29, 1.82) is 0 Å². The number of hydrogen-bond acceptors (Lipinski definition) is 3. The highest BCUT2D eigenvalue weighted by atomic mass is 16.5. The zero-order valence-corrected chi connectivity index (χ0v) is 9.16. The smallest absolute Gasteiger partial charge is 0.317 e. The van der Waals surface area contributed by atoms with Crippen LogP contribution in [0.4, 0.5) is 0 Å². The summed E-state index contributed by atoms with van der Waals surface area (Å²) in [6.45, 7) is 2.85. The third-order valence-corrected chi connectivity index (χ3v) is 3.94. The maximum Gasteiger partial charge on any atom is 0.317 e. The molecule has 2 N–H and O–H groups in total. The van der Waals surface area contributed by atoms with Gasteiger partial charge in [0.05, 0.1) is 12.6 Å². The minimum absolute atomic E-state index is 0.0747. The maximum absolute atomic E-state index is 10.5. The van der Waals surface area contributed by atoms with E-state index in [1.54, 1.807) is 0 Å². The Morgan fingerprint density at radius 1 is 1.60 bits per heavy atom. The molecule has 0 radical (unpaired) electrons. The van der Waals surface area contributed by atoms with Crippen LogP contribution in [0.5, 0.6) is 0 Å². The van der Waals surface area contributed by atoms with E-state index in [9.17, 15) is 4.79 Å². The van der Waals surface area contributed by atoms with Gasteiger partial charge in [-0.15, -0.1) is 0 Å². The van der Waals surface area contributed by atoms with Gasteiger partial charge in [-0.1, -0.05) is 6.42 Å². The fraction of sp³-hybridized carbons (Fsp3) is 0.909. The first-order valence-corrected chi connectivity index (χ1v) is 5.76. The largest absolute Gasteiger partial charge is 0.480 e. The fourth-order valence-electron chi connectivity index (χ4n) is 2.94. The number of rotatable bonds is 5. The number of carboxylic acids is 1. The van der Waals surface area contributed by atoms with E-state index in [0.717, 1.165) is 13.0 Å². The summed E-state index contributed by atoms with van der Waals surface area (Å²) in [6.07, 6.45) is 4.97. The van der Waals surface area contributed by atoms with E-state index < -0.39 is 5.97 Å². The topological polar surface area (TPSA) is 58.6 Å². The van der Waals surface area contributed by atoms with Gasteiger partial charge in [0, 0.05) is 18.1 Å². The summed E-state index contributed by atoms with van der Waals surface area (Å²) in [7, 11) is 0. The molecule has 4 heteroatoms. The molecule has 4 nitrogen and oxygen atoms in total. The molecule has 0 saturated heterocycles. The van der Waals surface area contributed by atoms with Gasteiger partial charge in [-0.3, -0.25) is 4.79 Å². The van der Waals surface area contributed by atoms with E-state index in [0.29, 0.717) is 12.1 Å². The Balaban J connectivity index is 1.85. The predicted molar refractivity (Wildman–Crippen MR) is 55.7 cm³/mol. The number of aliphatic carboxylic acids is 1. The molecule has 2 aliphatic rings. The van der Waals surface area contributed by atoms with Crippen molar-refractivity contribution in [2.24, 2.45) is 5.41 Å². The van der Waals surface area contributed by atoms with E-state index in [1.165, 1.54) is 19.3 Å². The molecule has 2 rings (SSSR count). The second-order valence-corrected chi connectivity index (χ2v) is 4.59. The van der Waals surface area contributed by atoms with E-state index in [2.05, 4.69) is 5.32 Å². The Morgan fingerprint density at radius 3 is 2.80 bits per heavy atom. The SMILES string of the molecule is CCOC1CC(NCC(=O)O)C12CCC2. The molecule has 2 atom stereocenters. The van der Waals surface area contributed by atoms with Crippen LogP contribution < -0.4 is 5.32 Å². The molecule has 0 aliphatic heterocycles. The molecule has 1 spiro atoms. The van der Waals surface area contributed by atoms with Gasteiger partial charge in [-0.25, -0.2) is 0 Å². The number of nitrogens with one attached hydrogen (secondary N) is 1. The van der Waals surface area contributed by atoms with E-state index in [4.69, 9.17) is 9.84 Å². The van der Waals surface area contributed by atoms with E-state index in [1.807, 2.05) is 6.92 Å². The molecule has 0 aromatic heterocycles. The third kappa shape index (κ3) is 1.76. The zero-order valence-electron chi connectivity index (χ0n) is 9.16. The van der Waals surface area contributed by atoms with Crippen molar-refractivity contribution in [2.75, 3.05) is 13.2 Å². The molecule has 15 heavy (non-hydrogen) atoms. The van der Waals surface area contributed by atoms with Gasteiger partial charge in [-0.05, 0) is 26.2 Å². The summed E-state index contributed by atoms with van der Waals surface area (Å²) >= 11 is 0. The first kappa shape index (κ1) is 10.9. The lowest BCUT2D eigenvalue weighted by Crippen LogP contribution is -2.67. The highest BCUT2D eigenvalue weighted by molar-refractivity contribution is 5.69. The van der Waals surface area contributed by atoms with Gasteiger partial charge in [0.1, 0.15) is 0 Å². The monoisotopic (exact) mass is 213 g/mol. The lowest BCUT2D eigenvalue weighted by molar-refractivity contribution is -0.174. The lowest BCUT2D eigenvalue weighted by atomic mass is 9.51. The van der Waals surface area contributed by atoms with Gasteiger partial charge >= 0.3 is 5.97 Å². The van der Waals surface area contributed by atoms with Crippen LogP contribution in [-0.4, -0.2) is 36.4 Å². The van der Waals surface area contributed by atoms with Crippen molar-refractivity contribution in [3.8, 4) is 0 Å². The summed E-state index contributed by atoms with van der Waals surface area (Å²) in [5.41, 5.74) is 0.269. The molecule has 0 aromatic rings. The zero-order chi connectivity index (χ0) is 10.9. The minimum Gasteiger partial charge on any atom is -0.480 e. The molecule has 0 amide bonds. The van der Waals surface area contributed by atoms with Gasteiger partial charge in [0.2, 0.25) is 0 Å². The van der Waals surface area contributed by atoms with Crippen LogP contribution in [0.1, 0.15) is 32.6 Å². The molecule has 2 aliphatic carbocycles. The quantitative estimate of drug-likeness (QED) is 0.715. The second-order valence-electron chi connectivity index (χ2n) is 4.59. The number of carbonyl (C=O) groups is 1. The number of hydrogen-bond donors (Lipinski definition) is 2. The highest BCUT2D eigenvalue weighted by Gasteiger charge is 2.58. The lowest BCUT2D eigenvalue weighted by Gasteiger charge is -2.61. The summed E-state index contributed by atoms with van der Waals surface area (Å²) in [5.74, 6) is -0.774. The first-order valence-electron chi connectivity index (χ1n) is 5.76. The molecule has 0 aromatic carbocycles. The fourth-order valence-corrected chi connectivity index (χ4v) is 2.94. The Labute approximate surface area is 90.0 Å². The molecule has 0 heterocycles.